The van der Waals surface area contributed by atoms with Gasteiger partial charge in [-0.25, -0.2) is 8.42 Å². The Balaban J connectivity index is 2.93. The van der Waals surface area contributed by atoms with Crippen LogP contribution in [0.5, 0.6) is 0 Å². The van der Waals surface area contributed by atoms with Crippen LogP contribution in [-0.2, 0) is 14.8 Å². The Bertz CT molecular complexity index is 555. The van der Waals surface area contributed by atoms with Crippen LogP contribution in [0.1, 0.15) is 13.8 Å². The van der Waals surface area contributed by atoms with Gasteiger partial charge in [-0.1, -0.05) is 26.0 Å². The van der Waals surface area contributed by atoms with Crippen molar-refractivity contribution in [2.75, 3.05) is 16.3 Å². The number of anilines is 2. The average molecular weight is 285 g/mol. The van der Waals surface area contributed by atoms with Gasteiger partial charge in [0.25, 0.3) is 0 Å². The van der Waals surface area contributed by atoms with Crippen LogP contribution in [-0.4, -0.2) is 26.6 Å². The Morgan fingerprint density at radius 3 is 2.21 bits per heavy atom. The molecule has 0 saturated carbocycles. The van der Waals surface area contributed by atoms with Crippen LogP contribution in [0.25, 0.3) is 0 Å². The molecule has 0 saturated heterocycles. The number of rotatable bonds is 5. The quantitative estimate of drug-likeness (QED) is 0.750. The second-order valence-corrected chi connectivity index (χ2v) is 6.43. The highest BCUT2D eigenvalue weighted by atomic mass is 32.2. The number of sulfonamides is 1. The molecule has 0 aromatic heterocycles. The summed E-state index contributed by atoms with van der Waals surface area (Å²) in [6.07, 6.45) is 1.05. The van der Waals surface area contributed by atoms with Crippen LogP contribution in [0.3, 0.4) is 0 Å². The highest BCUT2D eigenvalue weighted by Crippen LogP contribution is 2.22. The van der Waals surface area contributed by atoms with Crippen molar-refractivity contribution in [2.45, 2.75) is 19.9 Å². The number of benzene rings is 1. The molecule has 0 aliphatic rings. The van der Waals surface area contributed by atoms with Crippen LogP contribution in [0, 0.1) is 5.92 Å². The Kier molecular flexibility index (Phi) is 4.90. The maximum atomic E-state index is 11.9. The minimum Gasteiger partial charge on any atom is -0.323 e. The van der Waals surface area contributed by atoms with Crippen molar-refractivity contribution < 1.29 is 13.2 Å². The minimum atomic E-state index is -3.40. The van der Waals surface area contributed by atoms with Crippen LogP contribution in [0.2, 0.25) is 0 Å². The number of hydrogen-bond donors (Lipinski definition) is 3. The average Bonchev–Trinajstić information content (AvgIpc) is 2.28. The second kappa shape index (κ2) is 6.03. The van der Waals surface area contributed by atoms with Crippen LogP contribution < -0.4 is 15.8 Å². The fourth-order valence-electron chi connectivity index (χ4n) is 1.40. The van der Waals surface area contributed by atoms with Crippen molar-refractivity contribution >= 4 is 27.3 Å². The molecule has 1 aromatic carbocycles. The maximum Gasteiger partial charge on any atom is 0.241 e. The molecule has 19 heavy (non-hydrogen) atoms. The first-order valence-electron chi connectivity index (χ1n) is 5.84. The molecule has 0 radical (unpaired) electrons. The highest BCUT2D eigenvalue weighted by Gasteiger charge is 2.18. The summed E-state index contributed by atoms with van der Waals surface area (Å²) in [5.41, 5.74) is 6.43. The van der Waals surface area contributed by atoms with E-state index in [0.717, 1.165) is 6.26 Å². The van der Waals surface area contributed by atoms with Gasteiger partial charge in [0.2, 0.25) is 15.9 Å². The van der Waals surface area contributed by atoms with Gasteiger partial charge in [0, 0.05) is 0 Å². The van der Waals surface area contributed by atoms with E-state index in [9.17, 15) is 13.2 Å². The molecule has 1 amide bonds. The zero-order chi connectivity index (χ0) is 14.6. The molecular formula is C12H19N3O3S. The van der Waals surface area contributed by atoms with E-state index >= 15 is 0 Å². The molecule has 7 heteroatoms. The Hall–Kier alpha value is -1.60. The normalized spacial score (nSPS) is 13.1. The summed E-state index contributed by atoms with van der Waals surface area (Å²) in [5, 5.41) is 2.62. The van der Waals surface area contributed by atoms with E-state index < -0.39 is 16.1 Å². The Labute approximate surface area is 113 Å². The SMILES string of the molecule is CC(C)[C@@H](N)C(=O)Nc1ccccc1NS(C)(=O)=O. The Morgan fingerprint density at radius 1 is 1.21 bits per heavy atom. The molecule has 1 rings (SSSR count). The fraction of sp³-hybridized carbons (Fsp3) is 0.417. The third kappa shape index (κ3) is 4.88. The maximum absolute atomic E-state index is 11.9. The van der Waals surface area contributed by atoms with Gasteiger partial charge in [-0.3, -0.25) is 9.52 Å². The molecule has 0 heterocycles. The predicted molar refractivity (Wildman–Crippen MR) is 76.4 cm³/mol. The molecule has 0 aliphatic heterocycles. The lowest BCUT2D eigenvalue weighted by atomic mass is 10.0. The number of carbonyl (C=O) groups is 1. The smallest absolute Gasteiger partial charge is 0.241 e. The molecule has 1 aromatic rings. The van der Waals surface area contributed by atoms with Crippen molar-refractivity contribution in [2.24, 2.45) is 11.7 Å². The second-order valence-electron chi connectivity index (χ2n) is 4.68. The van der Waals surface area contributed by atoms with E-state index in [1.165, 1.54) is 0 Å². The predicted octanol–water partition coefficient (Wildman–Crippen LogP) is 0.980. The summed E-state index contributed by atoms with van der Waals surface area (Å²) in [6, 6.07) is 5.90. The van der Waals surface area contributed by atoms with Gasteiger partial charge in [-0.05, 0) is 18.1 Å². The number of carbonyl (C=O) groups excluding carboxylic acids is 1. The van der Waals surface area contributed by atoms with Crippen molar-refractivity contribution in [3.63, 3.8) is 0 Å². The van der Waals surface area contributed by atoms with Gasteiger partial charge < -0.3 is 11.1 Å². The first-order valence-corrected chi connectivity index (χ1v) is 7.73. The van der Waals surface area contributed by atoms with Gasteiger partial charge in [-0.2, -0.15) is 0 Å². The van der Waals surface area contributed by atoms with Crippen LogP contribution in [0.4, 0.5) is 11.4 Å². The zero-order valence-corrected chi connectivity index (χ0v) is 12.0. The van der Waals surface area contributed by atoms with Gasteiger partial charge in [0.15, 0.2) is 0 Å². The number of hydrogen-bond acceptors (Lipinski definition) is 4. The standard InChI is InChI=1S/C12H19N3O3S/c1-8(2)11(13)12(16)14-9-6-4-5-7-10(9)15-19(3,17)18/h4-8,11,15H,13H2,1-3H3,(H,14,16)/t11-/m1/s1. The number of nitrogens with two attached hydrogens (primary N) is 1. The molecule has 1 atom stereocenters. The van der Waals surface area contributed by atoms with Crippen LogP contribution >= 0.6 is 0 Å². The zero-order valence-electron chi connectivity index (χ0n) is 11.2. The molecule has 6 nitrogen and oxygen atoms in total. The molecule has 0 spiro atoms. The topological polar surface area (TPSA) is 101 Å². The van der Waals surface area contributed by atoms with Crippen molar-refractivity contribution in [3.05, 3.63) is 24.3 Å². The molecule has 0 unspecified atom stereocenters. The fourth-order valence-corrected chi connectivity index (χ4v) is 1.98. The summed E-state index contributed by atoms with van der Waals surface area (Å²) >= 11 is 0. The molecule has 0 fully saturated rings. The molecule has 106 valence electrons. The van der Waals surface area contributed by atoms with Gasteiger partial charge in [-0.15, -0.1) is 0 Å². The van der Waals surface area contributed by atoms with Crippen LogP contribution in [0.15, 0.2) is 24.3 Å². The van der Waals surface area contributed by atoms with E-state index in [0.29, 0.717) is 11.4 Å². The Morgan fingerprint density at radius 2 is 1.74 bits per heavy atom. The number of amides is 1. The van der Waals surface area contributed by atoms with E-state index in [1.54, 1.807) is 24.3 Å². The minimum absolute atomic E-state index is 0.00460. The number of para-hydroxylation sites is 2. The largest absolute Gasteiger partial charge is 0.323 e. The molecule has 0 bridgehead atoms. The third-order valence-electron chi connectivity index (χ3n) is 2.50. The number of nitrogens with one attached hydrogen (secondary N) is 2. The van der Waals surface area contributed by atoms with Gasteiger partial charge in [0.1, 0.15) is 0 Å². The van der Waals surface area contributed by atoms with E-state index in [2.05, 4.69) is 10.0 Å². The molecule has 0 aliphatic carbocycles. The van der Waals surface area contributed by atoms with Crippen molar-refractivity contribution in [1.29, 1.82) is 0 Å². The molecular weight excluding hydrogens is 266 g/mol. The summed E-state index contributed by atoms with van der Waals surface area (Å²) in [7, 11) is -3.40. The lowest BCUT2D eigenvalue weighted by Crippen LogP contribution is -2.39. The summed E-state index contributed by atoms with van der Waals surface area (Å²) in [4.78, 5) is 11.9. The highest BCUT2D eigenvalue weighted by molar-refractivity contribution is 7.92. The lowest BCUT2D eigenvalue weighted by molar-refractivity contribution is -0.118. The van der Waals surface area contributed by atoms with Crippen molar-refractivity contribution in [3.8, 4) is 0 Å². The monoisotopic (exact) mass is 285 g/mol. The van der Waals surface area contributed by atoms with E-state index in [1.807, 2.05) is 13.8 Å². The lowest BCUT2D eigenvalue weighted by Gasteiger charge is -2.17. The first kappa shape index (κ1) is 15.5. The van der Waals surface area contributed by atoms with Gasteiger partial charge >= 0.3 is 0 Å². The summed E-state index contributed by atoms with van der Waals surface area (Å²) in [6.45, 7) is 3.68. The van der Waals surface area contributed by atoms with E-state index in [-0.39, 0.29) is 11.8 Å². The summed E-state index contributed by atoms with van der Waals surface area (Å²) < 4.78 is 24.8. The first-order chi connectivity index (χ1) is 8.70. The molecule has 4 N–H and O–H groups in total. The summed E-state index contributed by atoms with van der Waals surface area (Å²) in [5.74, 6) is -0.354. The van der Waals surface area contributed by atoms with Gasteiger partial charge in [0.05, 0.1) is 23.7 Å². The van der Waals surface area contributed by atoms with E-state index in [4.69, 9.17) is 5.73 Å². The third-order valence-corrected chi connectivity index (χ3v) is 3.09. The van der Waals surface area contributed by atoms with Crippen molar-refractivity contribution in [1.82, 2.24) is 0 Å².